The minimum Gasteiger partial charge on any atom is -0.472 e. The summed E-state index contributed by atoms with van der Waals surface area (Å²) < 4.78 is 108. The number of nitrogens with zero attached hydrogens (tertiary/aromatic N) is 1. The molecule has 2 aromatic rings. The molecule has 2 atom stereocenters. The molecule has 0 aromatic heterocycles. The largest absolute Gasteiger partial charge is 0.534 e. The molecular formula is C28H38F3NO7S2Si. The predicted octanol–water partition coefficient (Wildman–Crippen LogP) is 7.08. The molecule has 0 saturated heterocycles. The molecule has 1 aliphatic rings. The van der Waals surface area contributed by atoms with E-state index in [1.54, 1.807) is 13.8 Å². The number of rotatable bonds is 10. The monoisotopic (exact) mass is 649 g/mol. The zero-order valence-electron chi connectivity index (χ0n) is 24.7. The van der Waals surface area contributed by atoms with Crippen molar-refractivity contribution >= 4 is 34.4 Å². The van der Waals surface area contributed by atoms with Crippen LogP contribution in [0.3, 0.4) is 0 Å². The Hall–Kier alpha value is -2.42. The maximum Gasteiger partial charge on any atom is 0.534 e. The van der Waals surface area contributed by atoms with Gasteiger partial charge in [0.15, 0.2) is 8.32 Å². The van der Waals surface area contributed by atoms with E-state index in [1.807, 2.05) is 30.3 Å². The van der Waals surface area contributed by atoms with Gasteiger partial charge in [-0.3, -0.25) is 0 Å². The van der Waals surface area contributed by atoms with E-state index < -0.39 is 50.6 Å². The molecule has 14 heteroatoms. The van der Waals surface area contributed by atoms with Gasteiger partial charge in [-0.25, -0.2) is 8.42 Å². The summed E-state index contributed by atoms with van der Waals surface area (Å²) in [6.45, 7) is 14.5. The minimum atomic E-state index is -5.87. The highest BCUT2D eigenvalue weighted by atomic mass is 32.2. The van der Waals surface area contributed by atoms with Gasteiger partial charge >= 0.3 is 15.6 Å². The molecule has 1 aliphatic heterocycles. The van der Waals surface area contributed by atoms with Crippen molar-refractivity contribution in [3.05, 3.63) is 65.7 Å². The molecule has 0 spiro atoms. The molecule has 0 fully saturated rings. The second-order valence-corrected chi connectivity index (χ2v) is 20.4. The first-order valence-corrected chi connectivity index (χ1v) is 19.2. The third kappa shape index (κ3) is 7.94. The number of alkyl halides is 3. The Morgan fingerprint density at radius 2 is 1.60 bits per heavy atom. The van der Waals surface area contributed by atoms with Crippen LogP contribution in [0.4, 0.5) is 13.2 Å². The van der Waals surface area contributed by atoms with E-state index in [1.165, 1.54) is 12.1 Å². The van der Waals surface area contributed by atoms with E-state index in [2.05, 4.69) is 42.4 Å². The van der Waals surface area contributed by atoms with Crippen molar-refractivity contribution in [1.29, 1.82) is 0 Å². The Morgan fingerprint density at radius 3 is 2.10 bits per heavy atom. The second kappa shape index (κ2) is 11.9. The third-order valence-electron chi connectivity index (χ3n) is 7.64. The van der Waals surface area contributed by atoms with Crippen LogP contribution in [0.15, 0.2) is 59.0 Å². The average molecular weight is 650 g/mol. The zero-order valence-corrected chi connectivity index (χ0v) is 27.4. The van der Waals surface area contributed by atoms with Gasteiger partial charge in [0.05, 0.1) is 0 Å². The average Bonchev–Trinajstić information content (AvgIpc) is 2.82. The van der Waals surface area contributed by atoms with Crippen LogP contribution in [-0.2, 0) is 29.3 Å². The molecule has 0 N–H and O–H groups in total. The quantitative estimate of drug-likeness (QED) is 0.154. The molecule has 234 valence electrons. The van der Waals surface area contributed by atoms with Crippen molar-refractivity contribution in [2.75, 3.05) is 6.61 Å². The minimum absolute atomic E-state index is 0.0375. The molecule has 1 heterocycles. The number of halogens is 3. The van der Waals surface area contributed by atoms with Crippen molar-refractivity contribution in [2.45, 2.75) is 87.9 Å². The third-order valence-corrected chi connectivity index (χ3v) is 15.0. The first-order valence-electron chi connectivity index (χ1n) is 13.4. The van der Waals surface area contributed by atoms with Crippen LogP contribution in [0, 0.1) is 0 Å². The molecular weight excluding hydrogens is 612 g/mol. The molecule has 0 amide bonds. The lowest BCUT2D eigenvalue weighted by Gasteiger charge is -2.38. The Labute approximate surface area is 247 Å². The van der Waals surface area contributed by atoms with Crippen LogP contribution in [0.5, 0.6) is 5.75 Å². The van der Waals surface area contributed by atoms with Gasteiger partial charge in [-0.2, -0.15) is 21.6 Å². The molecule has 2 aromatic carbocycles. The van der Waals surface area contributed by atoms with Gasteiger partial charge in [0.25, 0.3) is 10.0 Å². The highest BCUT2D eigenvalue weighted by Crippen LogP contribution is 2.43. The highest BCUT2D eigenvalue weighted by molar-refractivity contribution is 7.90. The summed E-state index contributed by atoms with van der Waals surface area (Å²) in [6, 6.07) is 13.9. The van der Waals surface area contributed by atoms with Gasteiger partial charge in [-0.1, -0.05) is 63.2 Å². The van der Waals surface area contributed by atoms with Crippen molar-refractivity contribution < 1.29 is 43.4 Å². The van der Waals surface area contributed by atoms with Crippen molar-refractivity contribution in [3.63, 3.8) is 0 Å². The normalized spacial score (nSPS) is 19.9. The van der Waals surface area contributed by atoms with Gasteiger partial charge in [-0.05, 0) is 67.6 Å². The Bertz CT molecular complexity index is 1480. The summed E-state index contributed by atoms with van der Waals surface area (Å²) in [5.74, 6) is -0.698. The zero-order chi connectivity index (χ0) is 31.8. The van der Waals surface area contributed by atoms with Crippen LogP contribution < -0.4 is 4.18 Å². The fourth-order valence-electron chi connectivity index (χ4n) is 4.45. The smallest absolute Gasteiger partial charge is 0.472 e. The van der Waals surface area contributed by atoms with Gasteiger partial charge in [0.2, 0.25) is 5.90 Å². The molecule has 42 heavy (non-hydrogen) atoms. The van der Waals surface area contributed by atoms with Crippen LogP contribution in [0.1, 0.15) is 69.8 Å². The number of ether oxygens (including phenoxy) is 1. The topological polar surface area (TPSA) is 108 Å². The van der Waals surface area contributed by atoms with E-state index in [9.17, 15) is 30.0 Å². The van der Waals surface area contributed by atoms with Crippen molar-refractivity contribution in [3.8, 4) is 5.75 Å². The SMILES string of the molecule is CC1(C)OC(C[C@@H](CCO[Si](C)(C)C(C)(C)C)c2ccccc2)=NS(=O)(=O)C1c1ccc(OS(=O)(=O)C(F)(F)F)cc1. The van der Waals surface area contributed by atoms with E-state index in [-0.39, 0.29) is 28.8 Å². The number of hydrogen-bond donors (Lipinski definition) is 0. The highest BCUT2D eigenvalue weighted by Gasteiger charge is 2.49. The lowest BCUT2D eigenvalue weighted by Crippen LogP contribution is -2.43. The summed E-state index contributed by atoms with van der Waals surface area (Å²) in [5.41, 5.74) is -5.77. The molecule has 0 saturated carbocycles. The Morgan fingerprint density at radius 1 is 1.02 bits per heavy atom. The molecule has 3 rings (SSSR count). The number of hydrogen-bond acceptors (Lipinski definition) is 7. The van der Waals surface area contributed by atoms with Gasteiger partial charge in [-0.15, -0.1) is 4.40 Å². The first-order chi connectivity index (χ1) is 19.1. The summed E-state index contributed by atoms with van der Waals surface area (Å²) >= 11 is 0. The van der Waals surface area contributed by atoms with Crippen molar-refractivity contribution in [2.24, 2.45) is 4.40 Å². The second-order valence-electron chi connectivity index (χ2n) is 12.3. The molecule has 8 nitrogen and oxygen atoms in total. The van der Waals surface area contributed by atoms with E-state index >= 15 is 0 Å². The van der Waals surface area contributed by atoms with Gasteiger partial charge in [0.1, 0.15) is 16.6 Å². The Kier molecular flexibility index (Phi) is 9.68. The fraction of sp³-hybridized carbons (Fsp3) is 0.536. The van der Waals surface area contributed by atoms with Crippen molar-refractivity contribution in [1.82, 2.24) is 0 Å². The number of sulfonamides is 1. The fourth-order valence-corrected chi connectivity index (χ4v) is 7.74. The number of benzene rings is 2. The maximum atomic E-state index is 13.5. The summed E-state index contributed by atoms with van der Waals surface area (Å²) in [4.78, 5) is 0. The summed E-state index contributed by atoms with van der Waals surface area (Å²) in [7, 11) is -12.1. The van der Waals surface area contributed by atoms with Gasteiger partial charge < -0.3 is 13.3 Å². The van der Waals surface area contributed by atoms with Crippen LogP contribution >= 0.6 is 0 Å². The van der Waals surface area contributed by atoms with Crippen LogP contribution in [0.25, 0.3) is 0 Å². The van der Waals surface area contributed by atoms with Gasteiger partial charge in [0, 0.05) is 13.0 Å². The van der Waals surface area contributed by atoms with Crippen LogP contribution in [0.2, 0.25) is 18.1 Å². The summed E-state index contributed by atoms with van der Waals surface area (Å²) in [5, 5.41) is -1.27. The van der Waals surface area contributed by atoms with E-state index in [4.69, 9.17) is 9.16 Å². The molecule has 1 unspecified atom stereocenters. The van der Waals surface area contributed by atoms with Crippen LogP contribution in [-0.4, -0.2) is 48.8 Å². The maximum absolute atomic E-state index is 13.5. The molecule has 0 bridgehead atoms. The van der Waals surface area contributed by atoms with E-state index in [0.717, 1.165) is 17.7 Å². The molecule has 0 aliphatic carbocycles. The standard InChI is InChI=1S/C28H38F3NO7S2Si/c1-26(2,3)42(6,7)37-18-17-22(20-11-9-8-10-12-20)19-24-32-40(33,34)25(27(4,5)38-24)21-13-15-23(16-14-21)39-41(35,36)28(29,30)31/h8-16,22,25H,17-19H2,1-7H3/t22-,25?/m1/s1. The lowest BCUT2D eigenvalue weighted by atomic mass is 9.92. The lowest BCUT2D eigenvalue weighted by molar-refractivity contribution is -0.0500. The summed E-state index contributed by atoms with van der Waals surface area (Å²) in [6.07, 6.45) is 0.827. The molecule has 0 radical (unpaired) electrons. The van der Waals surface area contributed by atoms with E-state index in [0.29, 0.717) is 13.0 Å². The predicted molar refractivity (Wildman–Crippen MR) is 158 cm³/mol. The Balaban J connectivity index is 1.85. The first kappa shape index (κ1) is 34.1.